The number of amides is 1. The van der Waals surface area contributed by atoms with Crippen LogP contribution in [0.25, 0.3) is 0 Å². The Hall–Kier alpha value is -1.62. The van der Waals surface area contributed by atoms with E-state index in [2.05, 4.69) is 10.3 Å². The van der Waals surface area contributed by atoms with E-state index in [0.717, 1.165) is 24.9 Å². The van der Waals surface area contributed by atoms with Crippen LogP contribution >= 0.6 is 23.2 Å². The summed E-state index contributed by atoms with van der Waals surface area (Å²) in [6, 6.07) is 9.47. The number of hydrogen-bond acceptors (Lipinski definition) is 3. The number of nitrogens with one attached hydrogen (secondary N) is 1. The molecule has 0 aliphatic rings. The highest BCUT2D eigenvalue weighted by atomic mass is 35.5. The average molecular weight is 380 g/mol. The van der Waals surface area contributed by atoms with Crippen molar-refractivity contribution in [3.63, 3.8) is 0 Å². The maximum atomic E-state index is 12.1. The highest BCUT2D eigenvalue weighted by Crippen LogP contribution is 2.20. The van der Waals surface area contributed by atoms with Crippen LogP contribution in [0.4, 0.5) is 0 Å². The number of pyridine rings is 1. The minimum Gasteiger partial charge on any atom is -0.345 e. The van der Waals surface area contributed by atoms with E-state index in [0.29, 0.717) is 29.6 Å². The summed E-state index contributed by atoms with van der Waals surface area (Å²) in [5.74, 6) is 0.145. The number of carbonyl (C=O) groups excluding carboxylic acids is 1. The molecular formula is C19H23Cl2N3O. The Morgan fingerprint density at radius 3 is 2.60 bits per heavy atom. The number of hydrogen-bond donors (Lipinski definition) is 1. The first kappa shape index (κ1) is 19.7. The third-order valence-electron chi connectivity index (χ3n) is 4.01. The Balaban J connectivity index is 1.61. The first-order chi connectivity index (χ1) is 12.1. The molecule has 1 amide bonds. The number of halogens is 2. The molecule has 0 aliphatic carbocycles. The number of rotatable bonds is 9. The topological polar surface area (TPSA) is 45.2 Å². The number of aromatic nitrogens is 1. The lowest BCUT2D eigenvalue weighted by Crippen LogP contribution is -2.32. The second kappa shape index (κ2) is 10.4. The maximum Gasteiger partial charge on any atom is 0.223 e. The molecule has 6 heteroatoms. The fraction of sp³-hybridized carbons (Fsp3) is 0.368. The van der Waals surface area contributed by atoms with Gasteiger partial charge in [-0.25, -0.2) is 0 Å². The van der Waals surface area contributed by atoms with Gasteiger partial charge < -0.3 is 10.2 Å². The van der Waals surface area contributed by atoms with Gasteiger partial charge in [0, 0.05) is 49.0 Å². The summed E-state index contributed by atoms with van der Waals surface area (Å²) < 4.78 is 0. The van der Waals surface area contributed by atoms with Crippen LogP contribution < -0.4 is 5.32 Å². The molecule has 134 valence electrons. The molecule has 0 radical (unpaired) electrons. The van der Waals surface area contributed by atoms with Crippen molar-refractivity contribution in [2.45, 2.75) is 19.3 Å². The van der Waals surface area contributed by atoms with Gasteiger partial charge in [0.2, 0.25) is 5.91 Å². The predicted molar refractivity (Wildman–Crippen MR) is 103 cm³/mol. The quantitative estimate of drug-likeness (QED) is 0.676. The molecule has 0 spiro atoms. The van der Waals surface area contributed by atoms with Crippen LogP contribution in [0.1, 0.15) is 17.5 Å². The standard InChI is InChI=1S/C19H23Cl2N3O/c1-24(13-8-15-4-9-22-10-5-15)19(25)7-12-23-11-6-16-2-3-17(20)14-18(16)21/h2-5,9-10,14,23H,6-8,11-13H2,1H3. The van der Waals surface area contributed by atoms with Gasteiger partial charge in [0.25, 0.3) is 0 Å². The smallest absolute Gasteiger partial charge is 0.223 e. The van der Waals surface area contributed by atoms with E-state index in [1.807, 2.05) is 31.3 Å². The Labute approximate surface area is 159 Å². The molecule has 4 nitrogen and oxygen atoms in total. The van der Waals surface area contributed by atoms with Gasteiger partial charge >= 0.3 is 0 Å². The van der Waals surface area contributed by atoms with Crippen LogP contribution in [0.3, 0.4) is 0 Å². The van der Waals surface area contributed by atoms with Crippen molar-refractivity contribution in [1.29, 1.82) is 0 Å². The summed E-state index contributed by atoms with van der Waals surface area (Å²) in [5, 5.41) is 4.61. The zero-order chi connectivity index (χ0) is 18.1. The molecule has 0 saturated carbocycles. The minimum absolute atomic E-state index is 0.145. The normalized spacial score (nSPS) is 10.7. The van der Waals surface area contributed by atoms with E-state index in [4.69, 9.17) is 23.2 Å². The highest BCUT2D eigenvalue weighted by molar-refractivity contribution is 6.35. The molecule has 0 atom stereocenters. The van der Waals surface area contributed by atoms with Gasteiger partial charge in [0.15, 0.2) is 0 Å². The number of likely N-dealkylation sites (N-methyl/N-ethyl adjacent to an activating group) is 1. The maximum absolute atomic E-state index is 12.1. The molecule has 0 saturated heterocycles. The van der Waals surface area contributed by atoms with Crippen LogP contribution in [-0.4, -0.2) is 42.5 Å². The molecule has 2 rings (SSSR count). The zero-order valence-corrected chi connectivity index (χ0v) is 15.9. The lowest BCUT2D eigenvalue weighted by molar-refractivity contribution is -0.129. The molecule has 1 heterocycles. The number of carbonyl (C=O) groups is 1. The molecule has 1 N–H and O–H groups in total. The average Bonchev–Trinajstić information content (AvgIpc) is 2.61. The molecule has 1 aromatic heterocycles. The number of nitrogens with zero attached hydrogens (tertiary/aromatic N) is 2. The molecule has 2 aromatic rings. The van der Waals surface area contributed by atoms with Crippen molar-refractivity contribution >= 4 is 29.1 Å². The van der Waals surface area contributed by atoms with Crippen molar-refractivity contribution in [3.05, 3.63) is 63.9 Å². The van der Waals surface area contributed by atoms with Gasteiger partial charge in [-0.2, -0.15) is 0 Å². The summed E-state index contributed by atoms with van der Waals surface area (Å²) in [5.41, 5.74) is 2.24. The summed E-state index contributed by atoms with van der Waals surface area (Å²) in [6.07, 6.45) is 5.68. The van der Waals surface area contributed by atoms with E-state index in [1.165, 1.54) is 5.56 Å². The van der Waals surface area contributed by atoms with Crippen LogP contribution in [0.15, 0.2) is 42.7 Å². The second-order valence-electron chi connectivity index (χ2n) is 5.91. The fourth-order valence-electron chi connectivity index (χ4n) is 2.43. The van der Waals surface area contributed by atoms with E-state index < -0.39 is 0 Å². The third-order valence-corrected chi connectivity index (χ3v) is 4.60. The van der Waals surface area contributed by atoms with Gasteiger partial charge in [0.05, 0.1) is 0 Å². The lowest BCUT2D eigenvalue weighted by atomic mass is 10.1. The molecule has 25 heavy (non-hydrogen) atoms. The first-order valence-corrected chi connectivity index (χ1v) is 9.09. The van der Waals surface area contributed by atoms with E-state index in [9.17, 15) is 4.79 Å². The predicted octanol–water partition coefficient (Wildman–Crippen LogP) is 3.61. The highest BCUT2D eigenvalue weighted by Gasteiger charge is 2.08. The fourth-order valence-corrected chi connectivity index (χ4v) is 2.93. The van der Waals surface area contributed by atoms with Crippen LogP contribution in [-0.2, 0) is 17.6 Å². The van der Waals surface area contributed by atoms with Crippen molar-refractivity contribution in [2.75, 3.05) is 26.7 Å². The molecule has 0 fully saturated rings. The van der Waals surface area contributed by atoms with Gasteiger partial charge in [-0.1, -0.05) is 29.3 Å². The van der Waals surface area contributed by atoms with Gasteiger partial charge in [-0.05, 0) is 54.8 Å². The summed E-state index contributed by atoms with van der Waals surface area (Å²) in [6.45, 7) is 2.14. The molecular weight excluding hydrogens is 357 g/mol. The Bertz CT molecular complexity index is 680. The zero-order valence-electron chi connectivity index (χ0n) is 14.3. The summed E-state index contributed by atoms with van der Waals surface area (Å²) in [7, 11) is 1.84. The number of benzene rings is 1. The lowest BCUT2D eigenvalue weighted by Gasteiger charge is -2.17. The van der Waals surface area contributed by atoms with E-state index in [-0.39, 0.29) is 5.91 Å². The Morgan fingerprint density at radius 1 is 1.12 bits per heavy atom. The van der Waals surface area contributed by atoms with E-state index in [1.54, 1.807) is 23.4 Å². The van der Waals surface area contributed by atoms with Gasteiger partial charge in [-0.3, -0.25) is 9.78 Å². The summed E-state index contributed by atoms with van der Waals surface area (Å²) in [4.78, 5) is 17.9. The third kappa shape index (κ3) is 7.02. The van der Waals surface area contributed by atoms with Gasteiger partial charge in [-0.15, -0.1) is 0 Å². The van der Waals surface area contributed by atoms with Crippen molar-refractivity contribution in [2.24, 2.45) is 0 Å². The van der Waals surface area contributed by atoms with Crippen molar-refractivity contribution in [3.8, 4) is 0 Å². The second-order valence-corrected chi connectivity index (χ2v) is 6.75. The molecule has 0 aliphatic heterocycles. The van der Waals surface area contributed by atoms with Crippen LogP contribution in [0, 0.1) is 0 Å². The van der Waals surface area contributed by atoms with Crippen molar-refractivity contribution in [1.82, 2.24) is 15.2 Å². The Kier molecular flexibility index (Phi) is 8.19. The molecule has 0 bridgehead atoms. The molecule has 0 unspecified atom stereocenters. The van der Waals surface area contributed by atoms with Crippen molar-refractivity contribution < 1.29 is 4.79 Å². The minimum atomic E-state index is 0.145. The monoisotopic (exact) mass is 379 g/mol. The van der Waals surface area contributed by atoms with E-state index >= 15 is 0 Å². The van der Waals surface area contributed by atoms with Crippen LogP contribution in [0.5, 0.6) is 0 Å². The van der Waals surface area contributed by atoms with Crippen LogP contribution in [0.2, 0.25) is 10.0 Å². The summed E-state index contributed by atoms with van der Waals surface area (Å²) >= 11 is 12.0. The molecule has 1 aromatic carbocycles. The largest absolute Gasteiger partial charge is 0.345 e. The SMILES string of the molecule is CN(CCc1ccncc1)C(=O)CCNCCc1ccc(Cl)cc1Cl. The first-order valence-electron chi connectivity index (χ1n) is 8.34. The Morgan fingerprint density at radius 2 is 1.88 bits per heavy atom. The van der Waals surface area contributed by atoms with Gasteiger partial charge in [0.1, 0.15) is 0 Å².